The second kappa shape index (κ2) is 8.85. The number of carbonyl (C=O) groups is 2. The summed E-state index contributed by atoms with van der Waals surface area (Å²) in [5, 5.41) is 9.27. The minimum Gasteiger partial charge on any atom is -0.478 e. The molecule has 0 radical (unpaired) electrons. The van der Waals surface area contributed by atoms with E-state index < -0.39 is 27.8 Å². The molecule has 0 saturated heterocycles. The minimum absolute atomic E-state index is 0.0286. The van der Waals surface area contributed by atoms with E-state index in [9.17, 15) is 23.1 Å². The topological polar surface area (TPSA) is 126 Å². The fraction of sp³-hybridized carbons (Fsp3) is 0.0909. The highest BCUT2D eigenvalue weighted by Gasteiger charge is 2.27. The maximum Gasteiger partial charge on any atom is 0.335 e. The Balaban J connectivity index is 1.70. The van der Waals surface area contributed by atoms with Crippen molar-refractivity contribution in [3.8, 4) is 0 Å². The molecular weight excluding hydrogens is 450 g/mol. The van der Waals surface area contributed by atoms with E-state index in [1.54, 1.807) is 48.5 Å². The largest absolute Gasteiger partial charge is 0.478 e. The first-order chi connectivity index (χ1) is 15.3. The molecule has 10 heteroatoms. The number of hydrogen-bond acceptors (Lipinski definition) is 7. The predicted molar refractivity (Wildman–Crippen MR) is 119 cm³/mol. The van der Waals surface area contributed by atoms with Crippen molar-refractivity contribution in [1.82, 2.24) is 13.5 Å². The van der Waals surface area contributed by atoms with E-state index in [1.165, 1.54) is 24.3 Å². The van der Waals surface area contributed by atoms with E-state index in [2.05, 4.69) is 13.5 Å². The second-order valence-electron chi connectivity index (χ2n) is 7.06. The van der Waals surface area contributed by atoms with Gasteiger partial charge in [0.2, 0.25) is 5.91 Å². The normalized spacial score (nSPS) is 12.4. The molecule has 162 valence electrons. The molecule has 0 spiro atoms. The fourth-order valence-electron chi connectivity index (χ4n) is 3.31. The van der Waals surface area contributed by atoms with Gasteiger partial charge in [0.1, 0.15) is 11.0 Å². The predicted octanol–water partition coefficient (Wildman–Crippen LogP) is 3.22. The highest BCUT2D eigenvalue weighted by Crippen LogP contribution is 2.26. The smallest absolute Gasteiger partial charge is 0.335 e. The number of amides is 1. The molecule has 32 heavy (non-hydrogen) atoms. The van der Waals surface area contributed by atoms with Gasteiger partial charge in [0.25, 0.3) is 10.0 Å². The van der Waals surface area contributed by atoms with Gasteiger partial charge in [-0.1, -0.05) is 36.4 Å². The number of nitrogens with zero attached hydrogens (tertiary/aromatic N) is 2. The Kier molecular flexibility index (Phi) is 5.97. The van der Waals surface area contributed by atoms with Crippen molar-refractivity contribution in [1.29, 1.82) is 0 Å². The molecule has 1 unspecified atom stereocenters. The number of nitrogens with one attached hydrogen (secondary N) is 1. The third-order valence-corrected chi connectivity index (χ3v) is 6.82. The van der Waals surface area contributed by atoms with E-state index in [4.69, 9.17) is 0 Å². The quantitative estimate of drug-likeness (QED) is 0.427. The Morgan fingerprint density at radius 3 is 2.44 bits per heavy atom. The maximum absolute atomic E-state index is 13.2. The van der Waals surface area contributed by atoms with Crippen molar-refractivity contribution in [2.75, 3.05) is 0 Å². The van der Waals surface area contributed by atoms with Crippen LogP contribution in [0.15, 0.2) is 77.7 Å². The van der Waals surface area contributed by atoms with Crippen molar-refractivity contribution in [3.63, 3.8) is 0 Å². The monoisotopic (exact) mass is 467 g/mol. The van der Waals surface area contributed by atoms with Crippen LogP contribution in [0.3, 0.4) is 0 Å². The van der Waals surface area contributed by atoms with Gasteiger partial charge in [-0.3, -0.25) is 4.79 Å². The number of carboxylic acids is 1. The molecule has 8 nitrogen and oxygen atoms in total. The summed E-state index contributed by atoms with van der Waals surface area (Å²) >= 11 is 1.04. The zero-order chi connectivity index (χ0) is 22.7. The van der Waals surface area contributed by atoms with Crippen LogP contribution in [-0.2, 0) is 21.2 Å². The number of aromatic carboxylic acids is 1. The molecule has 3 aromatic carbocycles. The van der Waals surface area contributed by atoms with Gasteiger partial charge in [-0.15, -0.1) is 0 Å². The van der Waals surface area contributed by atoms with Crippen molar-refractivity contribution in [3.05, 3.63) is 89.5 Å². The number of benzene rings is 3. The summed E-state index contributed by atoms with van der Waals surface area (Å²) in [7, 11) is -4.08. The lowest BCUT2D eigenvalue weighted by molar-refractivity contribution is -0.120. The summed E-state index contributed by atoms with van der Waals surface area (Å²) in [6.07, 6.45) is 0.0976. The standard InChI is InChI=1S/C22H17N3O5S2/c26-21(25-32(29,30)17-7-2-1-3-8-17)18(12-14-5-4-6-16(11-14)22(27)28)15-9-10-19-20(13-15)24-31-23-19/h1-11,13,18H,12H2,(H,25,26)(H,27,28). The first-order valence-electron chi connectivity index (χ1n) is 9.50. The molecule has 0 saturated carbocycles. The minimum atomic E-state index is -4.08. The van der Waals surface area contributed by atoms with Crippen molar-refractivity contribution in [2.45, 2.75) is 17.2 Å². The highest BCUT2D eigenvalue weighted by molar-refractivity contribution is 7.90. The SMILES string of the molecule is O=C(O)c1cccc(CC(C(=O)NS(=O)(=O)c2ccccc2)c2ccc3nsnc3c2)c1. The van der Waals surface area contributed by atoms with Gasteiger partial charge in [-0.2, -0.15) is 8.75 Å². The van der Waals surface area contributed by atoms with Crippen LogP contribution in [0, 0.1) is 0 Å². The molecule has 0 aliphatic rings. The van der Waals surface area contributed by atoms with E-state index >= 15 is 0 Å². The van der Waals surface area contributed by atoms with Crippen molar-refractivity contribution >= 4 is 44.7 Å². The van der Waals surface area contributed by atoms with E-state index in [1.807, 2.05) is 0 Å². The first-order valence-corrected chi connectivity index (χ1v) is 11.7. The van der Waals surface area contributed by atoms with Crippen molar-refractivity contribution < 1.29 is 23.1 Å². The summed E-state index contributed by atoms with van der Waals surface area (Å²) < 4.78 is 35.9. The molecule has 2 N–H and O–H groups in total. The zero-order valence-corrected chi connectivity index (χ0v) is 18.1. The van der Waals surface area contributed by atoms with E-state index in [-0.39, 0.29) is 16.9 Å². The average Bonchev–Trinajstić information content (AvgIpc) is 3.26. The maximum atomic E-state index is 13.2. The van der Waals surface area contributed by atoms with Crippen LogP contribution in [0.4, 0.5) is 0 Å². The third-order valence-electron chi connectivity index (χ3n) is 4.90. The van der Waals surface area contributed by atoms with Crippen LogP contribution < -0.4 is 4.72 Å². The first kappa shape index (κ1) is 21.6. The highest BCUT2D eigenvalue weighted by atomic mass is 32.2. The average molecular weight is 468 g/mol. The molecular formula is C22H17N3O5S2. The number of carboxylic acid groups (broad SMARTS) is 1. The second-order valence-corrected chi connectivity index (χ2v) is 9.27. The Morgan fingerprint density at radius 1 is 0.938 bits per heavy atom. The van der Waals surface area contributed by atoms with E-state index in [0.29, 0.717) is 22.2 Å². The summed E-state index contributed by atoms with van der Waals surface area (Å²) in [5.41, 5.74) is 2.47. The fourth-order valence-corrected chi connectivity index (χ4v) is 4.86. The molecule has 1 atom stereocenters. The van der Waals surface area contributed by atoms with Gasteiger partial charge in [0, 0.05) is 0 Å². The molecule has 1 heterocycles. The molecule has 0 aliphatic carbocycles. The lowest BCUT2D eigenvalue weighted by atomic mass is 9.90. The van der Waals surface area contributed by atoms with Crippen LogP contribution in [-0.4, -0.2) is 34.1 Å². The summed E-state index contributed by atoms with van der Waals surface area (Å²) in [4.78, 5) is 24.5. The molecule has 0 bridgehead atoms. The Labute approximate surface area is 187 Å². The number of rotatable bonds is 7. The van der Waals surface area contributed by atoms with Gasteiger partial charge < -0.3 is 5.11 Å². The van der Waals surface area contributed by atoms with E-state index in [0.717, 1.165) is 11.7 Å². The lowest BCUT2D eigenvalue weighted by Crippen LogP contribution is -2.35. The molecule has 0 fully saturated rings. The lowest BCUT2D eigenvalue weighted by Gasteiger charge is -2.18. The number of sulfonamides is 1. The molecule has 0 aliphatic heterocycles. The number of carbonyl (C=O) groups excluding carboxylic acids is 1. The molecule has 4 aromatic rings. The van der Waals surface area contributed by atoms with Crippen LogP contribution in [0.2, 0.25) is 0 Å². The molecule has 1 amide bonds. The Bertz CT molecular complexity index is 1400. The third kappa shape index (κ3) is 4.66. The Morgan fingerprint density at radius 2 is 1.69 bits per heavy atom. The van der Waals surface area contributed by atoms with Gasteiger partial charge in [-0.25, -0.2) is 17.9 Å². The molecule has 1 aromatic heterocycles. The number of hydrogen-bond donors (Lipinski definition) is 2. The summed E-state index contributed by atoms with van der Waals surface area (Å²) in [6, 6.07) is 18.9. The van der Waals surface area contributed by atoms with Crippen LogP contribution in [0.25, 0.3) is 11.0 Å². The van der Waals surface area contributed by atoms with Gasteiger partial charge >= 0.3 is 5.97 Å². The van der Waals surface area contributed by atoms with Crippen LogP contribution >= 0.6 is 11.7 Å². The molecule has 4 rings (SSSR count). The summed E-state index contributed by atoms with van der Waals surface area (Å²) in [6.45, 7) is 0. The van der Waals surface area contributed by atoms with Gasteiger partial charge in [-0.05, 0) is 53.9 Å². The van der Waals surface area contributed by atoms with Gasteiger partial charge in [0.15, 0.2) is 0 Å². The summed E-state index contributed by atoms with van der Waals surface area (Å²) in [5.74, 6) is -2.71. The zero-order valence-electron chi connectivity index (χ0n) is 16.5. The Hall–Kier alpha value is -3.63. The van der Waals surface area contributed by atoms with Crippen LogP contribution in [0.1, 0.15) is 27.4 Å². The van der Waals surface area contributed by atoms with Crippen LogP contribution in [0.5, 0.6) is 0 Å². The van der Waals surface area contributed by atoms with Gasteiger partial charge in [0.05, 0.1) is 28.1 Å². The number of aromatic nitrogens is 2. The number of fused-ring (bicyclic) bond motifs is 1. The van der Waals surface area contributed by atoms with Crippen molar-refractivity contribution in [2.24, 2.45) is 0 Å².